The molecule has 5 nitrogen and oxygen atoms in total. The average molecular weight is 286 g/mol. The number of rotatable bonds is 4. The standard InChI is InChI=1S/C14H14N4OS/c15-11(5-9-7-20-8-17-9)14(19)18-13-6-16-12-4-2-1-3-10(12)13/h1-4,6-8,11,16H,5,15H2,(H,18,19). The Morgan fingerprint density at radius 1 is 1.45 bits per heavy atom. The Bertz CT molecular complexity index is 720. The van der Waals surface area contributed by atoms with Gasteiger partial charge in [0.1, 0.15) is 0 Å². The molecule has 1 aromatic carbocycles. The van der Waals surface area contributed by atoms with E-state index in [-0.39, 0.29) is 5.91 Å². The lowest BCUT2D eigenvalue weighted by atomic mass is 10.1. The van der Waals surface area contributed by atoms with Crippen LogP contribution in [0.5, 0.6) is 0 Å². The van der Waals surface area contributed by atoms with Crippen LogP contribution in [0.3, 0.4) is 0 Å². The molecule has 0 aliphatic heterocycles. The van der Waals surface area contributed by atoms with Gasteiger partial charge < -0.3 is 16.0 Å². The van der Waals surface area contributed by atoms with E-state index in [0.717, 1.165) is 22.3 Å². The Kier molecular flexibility index (Phi) is 3.49. The summed E-state index contributed by atoms with van der Waals surface area (Å²) in [6.45, 7) is 0. The van der Waals surface area contributed by atoms with Crippen molar-refractivity contribution >= 4 is 33.8 Å². The first-order chi connectivity index (χ1) is 9.74. The minimum atomic E-state index is -0.606. The van der Waals surface area contributed by atoms with Crippen LogP contribution in [0.25, 0.3) is 10.9 Å². The molecule has 0 bridgehead atoms. The van der Waals surface area contributed by atoms with Gasteiger partial charge in [-0.1, -0.05) is 18.2 Å². The number of H-pyrrole nitrogens is 1. The molecule has 4 N–H and O–H groups in total. The molecule has 1 atom stereocenters. The third-order valence-corrected chi connectivity index (χ3v) is 3.73. The van der Waals surface area contributed by atoms with Gasteiger partial charge in [-0.25, -0.2) is 4.98 Å². The normalized spacial score (nSPS) is 12.4. The number of nitrogens with two attached hydrogens (primary N) is 1. The maximum Gasteiger partial charge on any atom is 0.241 e. The largest absolute Gasteiger partial charge is 0.359 e. The highest BCUT2D eigenvalue weighted by molar-refractivity contribution is 7.07. The van der Waals surface area contributed by atoms with E-state index in [9.17, 15) is 4.79 Å². The van der Waals surface area contributed by atoms with Gasteiger partial charge in [-0.05, 0) is 6.07 Å². The number of fused-ring (bicyclic) bond motifs is 1. The fourth-order valence-corrected chi connectivity index (χ4v) is 2.63. The zero-order chi connectivity index (χ0) is 13.9. The van der Waals surface area contributed by atoms with Crippen molar-refractivity contribution in [3.05, 3.63) is 47.0 Å². The van der Waals surface area contributed by atoms with Gasteiger partial charge in [0.05, 0.1) is 22.9 Å². The number of thiazole rings is 1. The van der Waals surface area contributed by atoms with Crippen molar-refractivity contribution in [3.8, 4) is 0 Å². The van der Waals surface area contributed by atoms with Gasteiger partial charge in [-0.15, -0.1) is 11.3 Å². The number of hydrogen-bond acceptors (Lipinski definition) is 4. The predicted molar refractivity (Wildman–Crippen MR) is 80.7 cm³/mol. The summed E-state index contributed by atoms with van der Waals surface area (Å²) in [4.78, 5) is 19.4. The molecule has 0 radical (unpaired) electrons. The first kappa shape index (κ1) is 12.8. The molecule has 2 heterocycles. The molecule has 3 rings (SSSR count). The summed E-state index contributed by atoms with van der Waals surface area (Å²) in [5.41, 5.74) is 10.2. The van der Waals surface area contributed by atoms with E-state index in [1.54, 1.807) is 11.7 Å². The van der Waals surface area contributed by atoms with Gasteiger partial charge in [0.2, 0.25) is 5.91 Å². The molecule has 0 fully saturated rings. The van der Waals surface area contributed by atoms with E-state index in [1.165, 1.54) is 11.3 Å². The number of nitrogens with one attached hydrogen (secondary N) is 2. The van der Waals surface area contributed by atoms with Crippen molar-refractivity contribution < 1.29 is 4.79 Å². The highest BCUT2D eigenvalue weighted by atomic mass is 32.1. The number of aromatic amines is 1. The smallest absolute Gasteiger partial charge is 0.241 e. The van der Waals surface area contributed by atoms with E-state index >= 15 is 0 Å². The van der Waals surface area contributed by atoms with Crippen molar-refractivity contribution in [3.63, 3.8) is 0 Å². The highest BCUT2D eigenvalue weighted by Crippen LogP contribution is 2.22. The van der Waals surface area contributed by atoms with E-state index < -0.39 is 6.04 Å². The number of aromatic nitrogens is 2. The van der Waals surface area contributed by atoms with Gasteiger partial charge in [-0.3, -0.25) is 4.79 Å². The lowest BCUT2D eigenvalue weighted by Crippen LogP contribution is -2.37. The number of amides is 1. The average Bonchev–Trinajstić information content (AvgIpc) is 3.09. The van der Waals surface area contributed by atoms with Crippen LogP contribution in [0.1, 0.15) is 5.69 Å². The van der Waals surface area contributed by atoms with Crippen LogP contribution in [-0.4, -0.2) is 21.9 Å². The second kappa shape index (κ2) is 5.44. The fraction of sp³-hybridized carbons (Fsp3) is 0.143. The Balaban J connectivity index is 1.72. The molecule has 2 aromatic heterocycles. The second-order valence-corrected chi connectivity index (χ2v) is 5.25. The zero-order valence-corrected chi connectivity index (χ0v) is 11.5. The van der Waals surface area contributed by atoms with Crippen molar-refractivity contribution in [1.82, 2.24) is 9.97 Å². The SMILES string of the molecule is NC(Cc1cscn1)C(=O)Nc1c[nH]c2ccccc12. The van der Waals surface area contributed by atoms with Crippen LogP contribution < -0.4 is 11.1 Å². The van der Waals surface area contributed by atoms with Crippen molar-refractivity contribution in [2.24, 2.45) is 5.73 Å². The third-order valence-electron chi connectivity index (χ3n) is 3.10. The van der Waals surface area contributed by atoms with Gasteiger partial charge >= 0.3 is 0 Å². The van der Waals surface area contributed by atoms with Gasteiger partial charge in [0.25, 0.3) is 0 Å². The number of hydrogen-bond donors (Lipinski definition) is 3. The van der Waals surface area contributed by atoms with Gasteiger partial charge in [-0.2, -0.15) is 0 Å². The summed E-state index contributed by atoms with van der Waals surface area (Å²) in [5, 5.41) is 5.73. The zero-order valence-electron chi connectivity index (χ0n) is 10.7. The lowest BCUT2D eigenvalue weighted by Gasteiger charge is -2.10. The summed E-state index contributed by atoms with van der Waals surface area (Å²) in [7, 11) is 0. The highest BCUT2D eigenvalue weighted by Gasteiger charge is 2.16. The van der Waals surface area contributed by atoms with E-state index in [4.69, 9.17) is 5.73 Å². The third kappa shape index (κ3) is 2.56. The Morgan fingerprint density at radius 3 is 3.10 bits per heavy atom. The maximum atomic E-state index is 12.1. The van der Waals surface area contributed by atoms with E-state index in [0.29, 0.717) is 6.42 Å². The fourth-order valence-electron chi connectivity index (χ4n) is 2.06. The van der Waals surface area contributed by atoms with E-state index in [2.05, 4.69) is 15.3 Å². The van der Waals surface area contributed by atoms with Crippen LogP contribution >= 0.6 is 11.3 Å². The second-order valence-electron chi connectivity index (χ2n) is 4.53. The molecule has 0 aliphatic rings. The summed E-state index contributed by atoms with van der Waals surface area (Å²) in [6, 6.07) is 7.18. The molecular formula is C14H14N4OS. The molecule has 0 saturated carbocycles. The maximum absolute atomic E-state index is 12.1. The number of carbonyl (C=O) groups is 1. The van der Waals surface area contributed by atoms with Crippen molar-refractivity contribution in [1.29, 1.82) is 0 Å². The molecule has 1 unspecified atom stereocenters. The summed E-state index contributed by atoms with van der Waals surface area (Å²) in [5.74, 6) is -0.206. The number of benzene rings is 1. The van der Waals surface area contributed by atoms with Crippen LogP contribution in [0.15, 0.2) is 41.4 Å². The van der Waals surface area contributed by atoms with Gasteiger partial charge in [0, 0.05) is 28.9 Å². The summed E-state index contributed by atoms with van der Waals surface area (Å²) < 4.78 is 0. The molecule has 20 heavy (non-hydrogen) atoms. The number of anilines is 1. The summed E-state index contributed by atoms with van der Waals surface area (Å²) in [6.07, 6.45) is 2.22. The van der Waals surface area contributed by atoms with Gasteiger partial charge in [0.15, 0.2) is 0 Å². The quantitative estimate of drug-likeness (QED) is 0.687. The first-order valence-electron chi connectivity index (χ1n) is 6.23. The van der Waals surface area contributed by atoms with Crippen LogP contribution in [0, 0.1) is 0 Å². The minimum absolute atomic E-state index is 0.206. The molecular weight excluding hydrogens is 272 g/mol. The van der Waals surface area contributed by atoms with Crippen LogP contribution in [0.2, 0.25) is 0 Å². The topological polar surface area (TPSA) is 83.8 Å². The number of carbonyl (C=O) groups excluding carboxylic acids is 1. The lowest BCUT2D eigenvalue weighted by molar-refractivity contribution is -0.117. The molecule has 1 amide bonds. The number of nitrogens with zero attached hydrogens (tertiary/aromatic N) is 1. The Labute approximate surface area is 119 Å². The first-order valence-corrected chi connectivity index (χ1v) is 7.18. The predicted octanol–water partition coefficient (Wildman–Crippen LogP) is 2.13. The minimum Gasteiger partial charge on any atom is -0.359 e. The molecule has 0 spiro atoms. The molecule has 0 aliphatic carbocycles. The molecule has 3 aromatic rings. The van der Waals surface area contributed by atoms with Crippen molar-refractivity contribution in [2.75, 3.05) is 5.32 Å². The Morgan fingerprint density at radius 2 is 2.30 bits per heavy atom. The molecule has 102 valence electrons. The van der Waals surface area contributed by atoms with E-state index in [1.807, 2.05) is 29.6 Å². The summed E-state index contributed by atoms with van der Waals surface area (Å²) >= 11 is 1.50. The molecule has 6 heteroatoms. The monoisotopic (exact) mass is 286 g/mol. The van der Waals surface area contributed by atoms with Crippen molar-refractivity contribution in [2.45, 2.75) is 12.5 Å². The van der Waals surface area contributed by atoms with Crippen LogP contribution in [-0.2, 0) is 11.2 Å². The number of para-hydroxylation sites is 1. The molecule has 0 saturated heterocycles. The van der Waals surface area contributed by atoms with Crippen LogP contribution in [0.4, 0.5) is 5.69 Å². The Hall–Kier alpha value is -2.18.